The molecule has 1 fully saturated rings. The number of phenols is 2. The third kappa shape index (κ3) is 2.88. The first-order chi connectivity index (χ1) is 9.47. The van der Waals surface area contributed by atoms with Crippen molar-refractivity contribution >= 4 is 5.91 Å². The number of rotatable bonds is 3. The van der Waals surface area contributed by atoms with E-state index >= 15 is 0 Å². The van der Waals surface area contributed by atoms with Gasteiger partial charge >= 0.3 is 0 Å². The zero-order chi connectivity index (χ0) is 14.8. The summed E-state index contributed by atoms with van der Waals surface area (Å²) in [5.41, 5.74) is -0.608. The predicted molar refractivity (Wildman–Crippen MR) is 74.7 cm³/mol. The van der Waals surface area contributed by atoms with Crippen LogP contribution in [0.3, 0.4) is 0 Å². The van der Waals surface area contributed by atoms with E-state index in [9.17, 15) is 20.1 Å². The molecule has 1 saturated carbocycles. The molecule has 0 heterocycles. The van der Waals surface area contributed by atoms with Gasteiger partial charge in [-0.15, -0.1) is 0 Å². The minimum atomic E-state index is -0.632. The summed E-state index contributed by atoms with van der Waals surface area (Å²) in [6.07, 6.45) is 3.48. The molecule has 1 aliphatic carbocycles. The van der Waals surface area contributed by atoms with Crippen molar-refractivity contribution in [3.8, 4) is 11.5 Å². The van der Waals surface area contributed by atoms with E-state index < -0.39 is 17.2 Å². The summed E-state index contributed by atoms with van der Waals surface area (Å²) in [6, 6.07) is 4.26. The summed E-state index contributed by atoms with van der Waals surface area (Å²) in [5.74, 6) is -0.787. The molecule has 0 radical (unpaired) electrons. The van der Waals surface area contributed by atoms with Crippen LogP contribution < -0.4 is 5.32 Å². The molecule has 4 N–H and O–H groups in total. The summed E-state index contributed by atoms with van der Waals surface area (Å²) in [4.78, 5) is 12.3. The Morgan fingerprint density at radius 3 is 2.85 bits per heavy atom. The zero-order valence-electron chi connectivity index (χ0n) is 11.6. The number of hydrogen-bond donors (Lipinski definition) is 4. The maximum absolute atomic E-state index is 12.3. The Morgan fingerprint density at radius 2 is 2.20 bits per heavy atom. The molecule has 0 saturated heterocycles. The number of carbonyl (C=O) groups excluding carboxylic acids is 1. The van der Waals surface area contributed by atoms with E-state index in [1.807, 2.05) is 0 Å². The van der Waals surface area contributed by atoms with Crippen molar-refractivity contribution in [3.63, 3.8) is 0 Å². The van der Waals surface area contributed by atoms with Crippen LogP contribution in [0.1, 0.15) is 43.0 Å². The van der Waals surface area contributed by atoms with Crippen LogP contribution in [0.25, 0.3) is 0 Å². The van der Waals surface area contributed by atoms with Gasteiger partial charge in [0.1, 0.15) is 0 Å². The molecule has 110 valence electrons. The van der Waals surface area contributed by atoms with Gasteiger partial charge in [-0.05, 0) is 30.9 Å². The fourth-order valence-corrected chi connectivity index (χ4v) is 2.98. The summed E-state index contributed by atoms with van der Waals surface area (Å²) >= 11 is 0. The van der Waals surface area contributed by atoms with Gasteiger partial charge in [-0.25, -0.2) is 0 Å². The SMILES string of the molecule is CC1CCCC(CO)(NC(=O)c2cccc(O)c2O)C1. The van der Waals surface area contributed by atoms with Gasteiger partial charge in [0.05, 0.1) is 17.7 Å². The Hall–Kier alpha value is -1.75. The molecule has 2 rings (SSSR count). The van der Waals surface area contributed by atoms with Crippen molar-refractivity contribution in [2.45, 2.75) is 38.1 Å². The molecule has 20 heavy (non-hydrogen) atoms. The van der Waals surface area contributed by atoms with E-state index in [1.54, 1.807) is 0 Å². The minimum Gasteiger partial charge on any atom is -0.504 e. The smallest absolute Gasteiger partial charge is 0.255 e. The van der Waals surface area contributed by atoms with E-state index in [0.717, 1.165) is 25.7 Å². The van der Waals surface area contributed by atoms with Crippen LogP contribution in [0, 0.1) is 5.92 Å². The lowest BCUT2D eigenvalue weighted by Gasteiger charge is -2.39. The number of nitrogens with one attached hydrogen (secondary N) is 1. The molecule has 2 atom stereocenters. The number of hydrogen-bond acceptors (Lipinski definition) is 4. The average Bonchev–Trinajstić information content (AvgIpc) is 2.41. The van der Waals surface area contributed by atoms with E-state index in [1.165, 1.54) is 18.2 Å². The molecule has 1 aromatic rings. The maximum atomic E-state index is 12.3. The molecule has 1 aliphatic rings. The number of carbonyl (C=O) groups is 1. The van der Waals surface area contributed by atoms with Gasteiger partial charge < -0.3 is 20.6 Å². The zero-order valence-corrected chi connectivity index (χ0v) is 11.6. The van der Waals surface area contributed by atoms with Gasteiger partial charge in [-0.1, -0.05) is 25.8 Å². The molecule has 0 bridgehead atoms. The Labute approximate surface area is 118 Å². The van der Waals surface area contributed by atoms with E-state index in [2.05, 4.69) is 12.2 Å². The quantitative estimate of drug-likeness (QED) is 0.635. The van der Waals surface area contributed by atoms with Crippen molar-refractivity contribution in [3.05, 3.63) is 23.8 Å². The standard InChI is InChI=1S/C15H21NO4/c1-10-4-3-7-15(8-10,9-17)16-14(20)11-5-2-6-12(18)13(11)19/h2,5-6,10,17-19H,3-4,7-9H2,1H3,(H,16,20). The Kier molecular flexibility index (Phi) is 4.18. The number of aromatic hydroxyl groups is 2. The van der Waals surface area contributed by atoms with Crippen LogP contribution in [-0.4, -0.2) is 33.4 Å². The highest BCUT2D eigenvalue weighted by Gasteiger charge is 2.36. The summed E-state index contributed by atoms with van der Waals surface area (Å²) in [7, 11) is 0. The average molecular weight is 279 g/mol. The molecule has 2 unspecified atom stereocenters. The Morgan fingerprint density at radius 1 is 1.45 bits per heavy atom. The van der Waals surface area contributed by atoms with Crippen LogP contribution in [0.5, 0.6) is 11.5 Å². The van der Waals surface area contributed by atoms with Gasteiger partial charge in [-0.3, -0.25) is 4.79 Å². The Balaban J connectivity index is 2.19. The monoisotopic (exact) mass is 279 g/mol. The molecule has 0 spiro atoms. The van der Waals surface area contributed by atoms with Crippen molar-refractivity contribution in [2.75, 3.05) is 6.61 Å². The lowest BCUT2D eigenvalue weighted by molar-refractivity contribution is 0.0694. The number of amides is 1. The van der Waals surface area contributed by atoms with E-state index in [4.69, 9.17) is 0 Å². The largest absolute Gasteiger partial charge is 0.504 e. The van der Waals surface area contributed by atoms with Gasteiger partial charge in [0, 0.05) is 0 Å². The third-order valence-corrected chi connectivity index (χ3v) is 4.03. The summed E-state index contributed by atoms with van der Waals surface area (Å²) in [6.45, 7) is 1.98. The maximum Gasteiger partial charge on any atom is 0.255 e. The fraction of sp³-hybridized carbons (Fsp3) is 0.533. The van der Waals surface area contributed by atoms with Gasteiger partial charge in [0.2, 0.25) is 0 Å². The fourth-order valence-electron chi connectivity index (χ4n) is 2.98. The minimum absolute atomic E-state index is 0.0241. The predicted octanol–water partition coefficient (Wildman–Crippen LogP) is 1.77. The molecule has 0 aromatic heterocycles. The van der Waals surface area contributed by atoms with Crippen molar-refractivity contribution in [1.29, 1.82) is 0 Å². The number of phenolic OH excluding ortho intramolecular Hbond substituents is 2. The van der Waals surface area contributed by atoms with Crippen LogP contribution in [0.15, 0.2) is 18.2 Å². The Bertz CT molecular complexity index is 503. The lowest BCUT2D eigenvalue weighted by Crippen LogP contribution is -2.53. The molecule has 1 amide bonds. The first kappa shape index (κ1) is 14.7. The van der Waals surface area contributed by atoms with Gasteiger partial charge in [0.15, 0.2) is 11.5 Å². The molecule has 1 aromatic carbocycles. The van der Waals surface area contributed by atoms with Crippen molar-refractivity contribution in [2.24, 2.45) is 5.92 Å². The molecule has 0 aliphatic heterocycles. The van der Waals surface area contributed by atoms with E-state index in [0.29, 0.717) is 5.92 Å². The highest BCUT2D eigenvalue weighted by Crippen LogP contribution is 2.33. The second kappa shape index (κ2) is 5.71. The first-order valence-electron chi connectivity index (χ1n) is 6.92. The highest BCUT2D eigenvalue weighted by atomic mass is 16.3. The molecular formula is C15H21NO4. The van der Waals surface area contributed by atoms with Gasteiger partial charge in [-0.2, -0.15) is 0 Å². The second-order valence-corrected chi connectivity index (χ2v) is 5.77. The van der Waals surface area contributed by atoms with Crippen LogP contribution in [-0.2, 0) is 0 Å². The number of benzene rings is 1. The van der Waals surface area contributed by atoms with Crippen molar-refractivity contribution < 1.29 is 20.1 Å². The topological polar surface area (TPSA) is 89.8 Å². The molecule has 5 nitrogen and oxygen atoms in total. The van der Waals surface area contributed by atoms with Gasteiger partial charge in [0.25, 0.3) is 5.91 Å². The number of para-hydroxylation sites is 1. The summed E-state index contributed by atoms with van der Waals surface area (Å²) in [5, 5.41) is 31.7. The van der Waals surface area contributed by atoms with Crippen LogP contribution in [0.2, 0.25) is 0 Å². The second-order valence-electron chi connectivity index (χ2n) is 5.77. The summed E-state index contributed by atoms with van der Waals surface area (Å²) < 4.78 is 0. The van der Waals surface area contributed by atoms with Crippen LogP contribution in [0.4, 0.5) is 0 Å². The number of aliphatic hydroxyl groups is 1. The highest BCUT2D eigenvalue weighted by molar-refractivity contribution is 5.98. The lowest BCUT2D eigenvalue weighted by atomic mass is 9.76. The molecular weight excluding hydrogens is 258 g/mol. The normalized spacial score (nSPS) is 26.2. The first-order valence-corrected chi connectivity index (χ1v) is 6.92. The van der Waals surface area contributed by atoms with E-state index in [-0.39, 0.29) is 17.9 Å². The van der Waals surface area contributed by atoms with Crippen LogP contribution >= 0.6 is 0 Å². The number of aliphatic hydroxyl groups excluding tert-OH is 1. The third-order valence-electron chi connectivity index (χ3n) is 4.03. The van der Waals surface area contributed by atoms with Crippen molar-refractivity contribution in [1.82, 2.24) is 5.32 Å². The molecule has 5 heteroatoms.